The Bertz CT molecular complexity index is 691. The molecule has 0 bridgehead atoms. The highest BCUT2D eigenvalue weighted by atomic mass is 35.5. The predicted octanol–water partition coefficient (Wildman–Crippen LogP) is 2.44. The minimum atomic E-state index is -3.60. The van der Waals surface area contributed by atoms with Gasteiger partial charge in [0.05, 0.1) is 28.1 Å². The zero-order chi connectivity index (χ0) is 17.7. The van der Waals surface area contributed by atoms with Gasteiger partial charge in [-0.05, 0) is 25.0 Å². The monoisotopic (exact) mass is 394 g/mol. The quantitative estimate of drug-likeness (QED) is 0.770. The average molecular weight is 395 g/mol. The van der Waals surface area contributed by atoms with Crippen molar-refractivity contribution in [2.45, 2.75) is 25.4 Å². The van der Waals surface area contributed by atoms with Crippen LogP contribution in [-0.4, -0.2) is 46.4 Å². The largest absolute Gasteiger partial charge is 0.376 e. The summed E-state index contributed by atoms with van der Waals surface area (Å²) in [4.78, 5) is 12.0. The Morgan fingerprint density at radius 2 is 2.17 bits per heavy atom. The van der Waals surface area contributed by atoms with Crippen molar-refractivity contribution in [2.24, 2.45) is 0 Å². The molecule has 0 aliphatic carbocycles. The van der Waals surface area contributed by atoms with Crippen molar-refractivity contribution in [1.82, 2.24) is 5.32 Å². The number of amides is 1. The number of benzene rings is 1. The Balaban J connectivity index is 1.99. The third-order valence-corrected chi connectivity index (χ3v) is 5.68. The van der Waals surface area contributed by atoms with Gasteiger partial charge >= 0.3 is 0 Å². The summed E-state index contributed by atoms with van der Waals surface area (Å²) >= 11 is 12.0. The number of anilines is 1. The van der Waals surface area contributed by atoms with Crippen LogP contribution in [0.25, 0.3) is 0 Å². The van der Waals surface area contributed by atoms with E-state index < -0.39 is 10.0 Å². The summed E-state index contributed by atoms with van der Waals surface area (Å²) in [6.07, 6.45) is 3.04. The highest BCUT2D eigenvalue weighted by molar-refractivity contribution is 7.92. The fraction of sp³-hybridized carbons (Fsp3) is 0.533. The van der Waals surface area contributed by atoms with E-state index in [1.165, 1.54) is 0 Å². The van der Waals surface area contributed by atoms with Crippen LogP contribution in [0.5, 0.6) is 0 Å². The fourth-order valence-electron chi connectivity index (χ4n) is 2.47. The van der Waals surface area contributed by atoms with E-state index in [0.29, 0.717) is 6.54 Å². The molecule has 24 heavy (non-hydrogen) atoms. The molecule has 0 radical (unpaired) electrons. The van der Waals surface area contributed by atoms with Crippen molar-refractivity contribution in [3.05, 3.63) is 28.2 Å². The third-order valence-electron chi connectivity index (χ3n) is 3.69. The number of hydrogen-bond donors (Lipinski definition) is 1. The van der Waals surface area contributed by atoms with E-state index in [2.05, 4.69) is 5.32 Å². The number of sulfonamides is 1. The molecule has 1 N–H and O–H groups in total. The van der Waals surface area contributed by atoms with E-state index in [1.54, 1.807) is 18.2 Å². The van der Waals surface area contributed by atoms with Gasteiger partial charge in [0, 0.05) is 26.1 Å². The fourth-order valence-corrected chi connectivity index (χ4v) is 3.85. The highest BCUT2D eigenvalue weighted by Gasteiger charge is 2.22. The minimum Gasteiger partial charge on any atom is -0.376 e. The smallest absolute Gasteiger partial charge is 0.232 e. The number of rotatable bonds is 7. The SMILES string of the molecule is CS(=O)(=O)N(CCC(=O)NCC1CCCO1)c1cccc(Cl)c1Cl. The lowest BCUT2D eigenvalue weighted by molar-refractivity contribution is -0.121. The lowest BCUT2D eigenvalue weighted by Gasteiger charge is -2.23. The van der Waals surface area contributed by atoms with Gasteiger partial charge in [0.1, 0.15) is 0 Å². The number of nitrogens with zero attached hydrogens (tertiary/aromatic N) is 1. The van der Waals surface area contributed by atoms with Crippen molar-refractivity contribution in [1.29, 1.82) is 0 Å². The Labute approximate surface area is 152 Å². The molecule has 1 aliphatic rings. The Kier molecular flexibility index (Phi) is 6.74. The average Bonchev–Trinajstić information content (AvgIpc) is 3.01. The lowest BCUT2D eigenvalue weighted by Crippen LogP contribution is -2.37. The van der Waals surface area contributed by atoms with Crippen LogP contribution in [0.2, 0.25) is 10.0 Å². The van der Waals surface area contributed by atoms with Gasteiger partial charge in [-0.1, -0.05) is 29.3 Å². The number of hydrogen-bond acceptors (Lipinski definition) is 4. The molecule has 1 aromatic carbocycles. The van der Waals surface area contributed by atoms with Crippen LogP contribution in [0.1, 0.15) is 19.3 Å². The van der Waals surface area contributed by atoms with Crippen molar-refractivity contribution in [3.8, 4) is 0 Å². The first-order chi connectivity index (χ1) is 11.3. The second-order valence-corrected chi connectivity index (χ2v) is 8.29. The van der Waals surface area contributed by atoms with Gasteiger partial charge in [-0.15, -0.1) is 0 Å². The topological polar surface area (TPSA) is 75.7 Å². The number of nitrogens with one attached hydrogen (secondary N) is 1. The molecule has 1 aromatic rings. The van der Waals surface area contributed by atoms with E-state index in [4.69, 9.17) is 27.9 Å². The predicted molar refractivity (Wildman–Crippen MR) is 95.3 cm³/mol. The van der Waals surface area contributed by atoms with Crippen LogP contribution in [-0.2, 0) is 19.6 Å². The molecule has 9 heteroatoms. The maximum Gasteiger partial charge on any atom is 0.232 e. The number of carbonyl (C=O) groups is 1. The second kappa shape index (κ2) is 8.38. The Morgan fingerprint density at radius 1 is 1.42 bits per heavy atom. The molecule has 0 spiro atoms. The van der Waals surface area contributed by atoms with Gasteiger partial charge in [0.2, 0.25) is 15.9 Å². The van der Waals surface area contributed by atoms with Crippen LogP contribution < -0.4 is 9.62 Å². The molecule has 0 saturated carbocycles. The van der Waals surface area contributed by atoms with Gasteiger partial charge in [0.25, 0.3) is 0 Å². The molecule has 1 aliphatic heterocycles. The zero-order valence-corrected chi connectivity index (χ0v) is 15.6. The highest BCUT2D eigenvalue weighted by Crippen LogP contribution is 2.33. The molecule has 134 valence electrons. The normalized spacial score (nSPS) is 17.7. The molecular formula is C15H20Cl2N2O4S. The number of carbonyl (C=O) groups excluding carboxylic acids is 1. The van der Waals surface area contributed by atoms with Crippen LogP contribution in [0.3, 0.4) is 0 Å². The summed E-state index contributed by atoms with van der Waals surface area (Å²) in [7, 11) is -3.60. The first-order valence-corrected chi connectivity index (χ1v) is 10.2. The van der Waals surface area contributed by atoms with Gasteiger partial charge < -0.3 is 10.1 Å². The van der Waals surface area contributed by atoms with Crippen LogP contribution in [0, 0.1) is 0 Å². The first kappa shape index (κ1) is 19.3. The summed E-state index contributed by atoms with van der Waals surface area (Å²) in [5.74, 6) is -0.239. The van der Waals surface area contributed by atoms with E-state index in [0.717, 1.165) is 30.0 Å². The standard InChI is InChI=1S/C15H20Cl2N2O4S/c1-24(21,22)19(13-6-2-5-12(16)15(13)17)8-7-14(20)18-10-11-4-3-9-23-11/h2,5-6,11H,3-4,7-10H2,1H3,(H,18,20). The van der Waals surface area contributed by atoms with Crippen molar-refractivity contribution < 1.29 is 17.9 Å². The Hall–Kier alpha value is -1.02. The van der Waals surface area contributed by atoms with Crippen molar-refractivity contribution in [3.63, 3.8) is 0 Å². The molecule has 1 amide bonds. The van der Waals surface area contributed by atoms with Crippen molar-refractivity contribution >= 4 is 44.8 Å². The van der Waals surface area contributed by atoms with E-state index >= 15 is 0 Å². The summed E-state index contributed by atoms with van der Waals surface area (Å²) in [6, 6.07) is 4.74. The summed E-state index contributed by atoms with van der Waals surface area (Å²) in [5, 5.41) is 3.16. The van der Waals surface area contributed by atoms with E-state index in [9.17, 15) is 13.2 Å². The van der Waals surface area contributed by atoms with Crippen LogP contribution in [0.4, 0.5) is 5.69 Å². The lowest BCUT2D eigenvalue weighted by atomic mass is 10.2. The van der Waals surface area contributed by atoms with E-state index in [1.807, 2.05) is 0 Å². The summed E-state index contributed by atoms with van der Waals surface area (Å²) < 4.78 is 30.6. The number of halogens is 2. The molecule has 1 unspecified atom stereocenters. The first-order valence-electron chi connectivity index (χ1n) is 7.59. The van der Waals surface area contributed by atoms with Gasteiger partial charge in [-0.25, -0.2) is 8.42 Å². The van der Waals surface area contributed by atoms with Crippen molar-refractivity contribution in [2.75, 3.05) is 30.3 Å². The minimum absolute atomic E-state index is 0.0165. The Morgan fingerprint density at radius 3 is 2.79 bits per heavy atom. The van der Waals surface area contributed by atoms with Gasteiger partial charge in [0.15, 0.2) is 0 Å². The molecule has 0 aromatic heterocycles. The van der Waals surface area contributed by atoms with Gasteiger partial charge in [-0.2, -0.15) is 0 Å². The molecule has 1 fully saturated rings. The maximum absolute atomic E-state index is 12.0. The zero-order valence-electron chi connectivity index (χ0n) is 13.3. The molecule has 1 saturated heterocycles. The molecule has 2 rings (SSSR count). The van der Waals surface area contributed by atoms with Crippen LogP contribution >= 0.6 is 23.2 Å². The summed E-state index contributed by atoms with van der Waals surface area (Å²) in [5.41, 5.74) is 0.263. The van der Waals surface area contributed by atoms with Gasteiger partial charge in [-0.3, -0.25) is 9.10 Å². The molecule has 1 heterocycles. The molecular weight excluding hydrogens is 375 g/mol. The van der Waals surface area contributed by atoms with Crippen LogP contribution in [0.15, 0.2) is 18.2 Å². The maximum atomic E-state index is 12.0. The summed E-state index contributed by atoms with van der Waals surface area (Å²) in [6.45, 7) is 1.14. The molecule has 6 nitrogen and oxygen atoms in total. The second-order valence-electron chi connectivity index (χ2n) is 5.60. The third kappa shape index (κ3) is 5.24. The molecule has 1 atom stereocenters. The number of ether oxygens (including phenoxy) is 1. The van der Waals surface area contributed by atoms with E-state index in [-0.39, 0.29) is 40.7 Å².